The number of aromatic nitrogens is 1. The van der Waals surface area contributed by atoms with Gasteiger partial charge in [-0.2, -0.15) is 0 Å². The summed E-state index contributed by atoms with van der Waals surface area (Å²) in [4.78, 5) is 16.0. The first kappa shape index (κ1) is 14.0. The van der Waals surface area contributed by atoms with Crippen LogP contribution in [0.4, 0.5) is 5.69 Å². The fourth-order valence-corrected chi connectivity index (χ4v) is 1.69. The first-order valence-corrected chi connectivity index (χ1v) is 6.65. The minimum Gasteiger partial charge on any atom is -0.322 e. The van der Waals surface area contributed by atoms with Crippen molar-refractivity contribution in [1.29, 1.82) is 0 Å². The van der Waals surface area contributed by atoms with Crippen LogP contribution in [-0.4, -0.2) is 10.9 Å². The van der Waals surface area contributed by atoms with E-state index >= 15 is 0 Å². The van der Waals surface area contributed by atoms with Gasteiger partial charge in [-0.05, 0) is 35.7 Å². The van der Waals surface area contributed by atoms with Crippen LogP contribution in [0.15, 0.2) is 54.9 Å². The van der Waals surface area contributed by atoms with E-state index in [-0.39, 0.29) is 5.91 Å². The highest BCUT2D eigenvalue weighted by atomic mass is 16.1. The minimum atomic E-state index is -0.115. The summed E-state index contributed by atoms with van der Waals surface area (Å²) in [6, 6.07) is 11.1. The second kappa shape index (κ2) is 6.66. The van der Waals surface area contributed by atoms with Gasteiger partial charge in [-0.25, -0.2) is 0 Å². The maximum absolute atomic E-state index is 12.0. The highest BCUT2D eigenvalue weighted by Crippen LogP contribution is 2.11. The molecule has 0 bridgehead atoms. The second-order valence-corrected chi connectivity index (χ2v) is 4.92. The number of anilines is 1. The maximum atomic E-state index is 12.0. The Kier molecular flexibility index (Phi) is 4.66. The van der Waals surface area contributed by atoms with Gasteiger partial charge in [0.25, 0.3) is 5.91 Å². The molecule has 1 aromatic carbocycles. The standard InChI is InChI=1S/C17H18N2O/c1-13(2)3-4-14-5-7-15(8-6-14)17(20)19-16-9-11-18-12-10-16/h3-13H,1-2H3,(H,18,19,20). The Bertz CT molecular complexity index is 586. The Balaban J connectivity index is 2.04. The molecule has 102 valence electrons. The largest absolute Gasteiger partial charge is 0.322 e. The Labute approximate surface area is 119 Å². The van der Waals surface area contributed by atoms with Gasteiger partial charge in [-0.3, -0.25) is 9.78 Å². The van der Waals surface area contributed by atoms with Gasteiger partial charge in [0.15, 0.2) is 0 Å². The zero-order chi connectivity index (χ0) is 14.4. The first-order chi connectivity index (χ1) is 9.65. The molecular weight excluding hydrogens is 248 g/mol. The molecule has 0 atom stereocenters. The van der Waals surface area contributed by atoms with Crippen molar-refractivity contribution in [2.45, 2.75) is 13.8 Å². The second-order valence-electron chi connectivity index (χ2n) is 4.92. The quantitative estimate of drug-likeness (QED) is 0.908. The van der Waals surface area contributed by atoms with Crippen molar-refractivity contribution in [1.82, 2.24) is 4.98 Å². The normalized spacial score (nSPS) is 10.9. The van der Waals surface area contributed by atoms with Crippen molar-refractivity contribution >= 4 is 17.7 Å². The number of rotatable bonds is 4. The van der Waals surface area contributed by atoms with Gasteiger partial charge in [0.05, 0.1) is 0 Å². The predicted octanol–water partition coefficient (Wildman–Crippen LogP) is 4.00. The molecule has 1 heterocycles. The third kappa shape index (κ3) is 4.05. The van der Waals surface area contributed by atoms with Gasteiger partial charge < -0.3 is 5.32 Å². The number of hydrogen-bond donors (Lipinski definition) is 1. The van der Waals surface area contributed by atoms with Gasteiger partial charge in [0, 0.05) is 23.6 Å². The number of nitrogens with one attached hydrogen (secondary N) is 1. The molecule has 0 saturated heterocycles. The van der Waals surface area contributed by atoms with Crippen LogP contribution < -0.4 is 5.32 Å². The van der Waals surface area contributed by atoms with Crippen molar-refractivity contribution in [3.05, 3.63) is 66.0 Å². The van der Waals surface area contributed by atoms with E-state index in [9.17, 15) is 4.79 Å². The van der Waals surface area contributed by atoms with Crippen LogP contribution in [0.5, 0.6) is 0 Å². The molecule has 0 spiro atoms. The van der Waals surface area contributed by atoms with Crippen LogP contribution in [0, 0.1) is 5.92 Å². The van der Waals surface area contributed by atoms with E-state index in [2.05, 4.69) is 36.3 Å². The van der Waals surface area contributed by atoms with Gasteiger partial charge in [-0.15, -0.1) is 0 Å². The Hall–Kier alpha value is -2.42. The topological polar surface area (TPSA) is 42.0 Å². The maximum Gasteiger partial charge on any atom is 0.255 e. The fourth-order valence-electron chi connectivity index (χ4n) is 1.69. The lowest BCUT2D eigenvalue weighted by atomic mass is 10.1. The Morgan fingerprint density at radius 3 is 2.35 bits per heavy atom. The number of benzene rings is 1. The molecule has 0 aliphatic carbocycles. The molecule has 0 saturated carbocycles. The van der Waals surface area contributed by atoms with Crippen LogP contribution in [0.1, 0.15) is 29.8 Å². The van der Waals surface area contributed by atoms with E-state index in [1.807, 2.05) is 24.3 Å². The monoisotopic (exact) mass is 266 g/mol. The van der Waals surface area contributed by atoms with E-state index in [4.69, 9.17) is 0 Å². The third-order valence-electron chi connectivity index (χ3n) is 2.78. The van der Waals surface area contributed by atoms with Gasteiger partial charge >= 0.3 is 0 Å². The molecule has 2 aromatic rings. The van der Waals surface area contributed by atoms with Crippen LogP contribution in [0.3, 0.4) is 0 Å². The van der Waals surface area contributed by atoms with Crippen LogP contribution in [0.2, 0.25) is 0 Å². The molecule has 2 rings (SSSR count). The van der Waals surface area contributed by atoms with Crippen molar-refractivity contribution < 1.29 is 4.79 Å². The summed E-state index contributed by atoms with van der Waals surface area (Å²) in [5, 5.41) is 2.83. The Morgan fingerprint density at radius 1 is 1.10 bits per heavy atom. The SMILES string of the molecule is CC(C)C=Cc1ccc(C(=O)Nc2ccncc2)cc1. The molecule has 3 heteroatoms. The van der Waals surface area contributed by atoms with E-state index < -0.39 is 0 Å². The van der Waals surface area contributed by atoms with Crippen LogP contribution >= 0.6 is 0 Å². The van der Waals surface area contributed by atoms with Crippen molar-refractivity contribution in [2.24, 2.45) is 5.92 Å². The average molecular weight is 266 g/mol. The summed E-state index contributed by atoms with van der Waals surface area (Å²) in [6.07, 6.45) is 7.49. The van der Waals surface area contributed by atoms with Gasteiger partial charge in [0.2, 0.25) is 0 Å². The number of carbonyl (C=O) groups is 1. The molecular formula is C17H18N2O. The fraction of sp³-hybridized carbons (Fsp3) is 0.176. The molecule has 3 nitrogen and oxygen atoms in total. The first-order valence-electron chi connectivity index (χ1n) is 6.65. The number of carbonyl (C=O) groups excluding carboxylic acids is 1. The summed E-state index contributed by atoms with van der Waals surface area (Å²) in [6.45, 7) is 4.26. The van der Waals surface area contributed by atoms with E-state index in [1.165, 1.54) is 0 Å². The molecule has 1 amide bonds. The molecule has 0 aliphatic rings. The van der Waals surface area contributed by atoms with E-state index in [0.717, 1.165) is 11.3 Å². The summed E-state index contributed by atoms with van der Waals surface area (Å²) in [5.74, 6) is 0.403. The molecule has 1 aromatic heterocycles. The van der Waals surface area contributed by atoms with Crippen LogP contribution in [0.25, 0.3) is 6.08 Å². The van der Waals surface area contributed by atoms with Crippen molar-refractivity contribution in [2.75, 3.05) is 5.32 Å². The highest BCUT2D eigenvalue weighted by Gasteiger charge is 2.05. The summed E-state index contributed by atoms with van der Waals surface area (Å²) < 4.78 is 0. The molecule has 20 heavy (non-hydrogen) atoms. The lowest BCUT2D eigenvalue weighted by molar-refractivity contribution is 0.102. The minimum absolute atomic E-state index is 0.115. The molecule has 0 aliphatic heterocycles. The van der Waals surface area contributed by atoms with E-state index in [0.29, 0.717) is 11.5 Å². The molecule has 0 unspecified atom stereocenters. The van der Waals surface area contributed by atoms with Crippen LogP contribution in [-0.2, 0) is 0 Å². The highest BCUT2D eigenvalue weighted by molar-refractivity contribution is 6.04. The van der Waals surface area contributed by atoms with E-state index in [1.54, 1.807) is 24.5 Å². The molecule has 0 radical (unpaired) electrons. The predicted molar refractivity (Wildman–Crippen MR) is 82.5 cm³/mol. The zero-order valence-corrected chi connectivity index (χ0v) is 11.7. The third-order valence-corrected chi connectivity index (χ3v) is 2.78. The molecule has 1 N–H and O–H groups in total. The number of nitrogens with zero attached hydrogens (tertiary/aromatic N) is 1. The summed E-state index contributed by atoms with van der Waals surface area (Å²) in [5.41, 5.74) is 2.48. The van der Waals surface area contributed by atoms with Crippen molar-refractivity contribution in [3.8, 4) is 0 Å². The molecule has 0 fully saturated rings. The number of pyridine rings is 1. The van der Waals surface area contributed by atoms with Crippen molar-refractivity contribution in [3.63, 3.8) is 0 Å². The number of amides is 1. The smallest absolute Gasteiger partial charge is 0.255 e. The summed E-state index contributed by atoms with van der Waals surface area (Å²) >= 11 is 0. The van der Waals surface area contributed by atoms with Gasteiger partial charge in [-0.1, -0.05) is 38.1 Å². The number of hydrogen-bond acceptors (Lipinski definition) is 2. The lowest BCUT2D eigenvalue weighted by Crippen LogP contribution is -2.11. The average Bonchev–Trinajstić information content (AvgIpc) is 2.46. The number of allylic oxidation sites excluding steroid dienone is 1. The lowest BCUT2D eigenvalue weighted by Gasteiger charge is -2.05. The summed E-state index contributed by atoms with van der Waals surface area (Å²) in [7, 11) is 0. The van der Waals surface area contributed by atoms with Gasteiger partial charge in [0.1, 0.15) is 0 Å². The zero-order valence-electron chi connectivity index (χ0n) is 11.7. The Morgan fingerprint density at radius 2 is 1.75 bits per heavy atom.